The van der Waals surface area contributed by atoms with Gasteiger partial charge in [-0.3, -0.25) is 0 Å². The Bertz CT molecular complexity index is 519. The molecule has 0 saturated heterocycles. The molecule has 0 aliphatic heterocycles. The first-order valence-electron chi connectivity index (χ1n) is 5.82. The highest BCUT2D eigenvalue weighted by Crippen LogP contribution is 2.28. The van der Waals surface area contributed by atoms with Crippen molar-refractivity contribution in [3.63, 3.8) is 0 Å². The van der Waals surface area contributed by atoms with Gasteiger partial charge in [-0.2, -0.15) is 4.98 Å². The van der Waals surface area contributed by atoms with Gasteiger partial charge in [0, 0.05) is 11.6 Å². The molecule has 0 radical (unpaired) electrons. The summed E-state index contributed by atoms with van der Waals surface area (Å²) in [6.45, 7) is 6.14. The van der Waals surface area contributed by atoms with Crippen molar-refractivity contribution in [3.8, 4) is 11.5 Å². The molecule has 0 bridgehead atoms. The molecule has 17 heavy (non-hydrogen) atoms. The lowest BCUT2D eigenvalue weighted by atomic mass is 10.1. The predicted octanol–water partition coefficient (Wildman–Crippen LogP) is 3.14. The Balaban J connectivity index is 2.40. The van der Waals surface area contributed by atoms with Crippen LogP contribution < -0.4 is 5.73 Å². The second-order valence-electron chi connectivity index (χ2n) is 4.30. The van der Waals surface area contributed by atoms with Crippen molar-refractivity contribution in [3.05, 3.63) is 29.6 Å². The normalized spacial score (nSPS) is 12.6. The number of para-hydroxylation sites is 1. The topological polar surface area (TPSA) is 64.9 Å². The van der Waals surface area contributed by atoms with Crippen molar-refractivity contribution in [1.82, 2.24) is 10.1 Å². The fraction of sp³-hybridized carbons (Fsp3) is 0.385. The molecule has 1 aromatic heterocycles. The molecule has 0 spiro atoms. The molecule has 2 rings (SSSR count). The molecule has 1 atom stereocenters. The number of nitrogen functional groups attached to an aromatic ring is 1. The molecule has 0 saturated carbocycles. The van der Waals surface area contributed by atoms with E-state index in [2.05, 4.69) is 24.0 Å². The Morgan fingerprint density at radius 2 is 2.18 bits per heavy atom. The molecule has 4 heteroatoms. The highest BCUT2D eigenvalue weighted by molar-refractivity contribution is 5.73. The van der Waals surface area contributed by atoms with Crippen molar-refractivity contribution < 1.29 is 4.52 Å². The first-order chi connectivity index (χ1) is 8.13. The van der Waals surface area contributed by atoms with Crippen LogP contribution in [0, 0.1) is 6.92 Å². The highest BCUT2D eigenvalue weighted by Gasteiger charge is 2.15. The minimum absolute atomic E-state index is 0.304. The van der Waals surface area contributed by atoms with E-state index in [9.17, 15) is 0 Å². The monoisotopic (exact) mass is 231 g/mol. The second-order valence-corrected chi connectivity index (χ2v) is 4.30. The molecule has 1 unspecified atom stereocenters. The van der Waals surface area contributed by atoms with Gasteiger partial charge in [0.2, 0.25) is 0 Å². The van der Waals surface area contributed by atoms with Crippen LogP contribution in [0.15, 0.2) is 22.7 Å². The quantitative estimate of drug-likeness (QED) is 0.824. The van der Waals surface area contributed by atoms with Crippen LogP contribution in [-0.2, 0) is 0 Å². The van der Waals surface area contributed by atoms with Crippen LogP contribution in [0.1, 0.15) is 37.6 Å². The van der Waals surface area contributed by atoms with E-state index in [1.54, 1.807) is 0 Å². The summed E-state index contributed by atoms with van der Waals surface area (Å²) in [5.41, 5.74) is 8.54. The molecule has 0 fully saturated rings. The number of aromatic nitrogens is 2. The van der Waals surface area contributed by atoms with Crippen molar-refractivity contribution in [2.75, 3.05) is 5.73 Å². The van der Waals surface area contributed by atoms with Crippen molar-refractivity contribution in [1.29, 1.82) is 0 Å². The first kappa shape index (κ1) is 11.6. The molecule has 2 aromatic rings. The summed E-state index contributed by atoms with van der Waals surface area (Å²) >= 11 is 0. The van der Waals surface area contributed by atoms with Crippen molar-refractivity contribution in [2.24, 2.45) is 0 Å². The maximum absolute atomic E-state index is 6.00. The lowest BCUT2D eigenvalue weighted by Gasteiger charge is -2.03. The van der Waals surface area contributed by atoms with Gasteiger partial charge >= 0.3 is 0 Å². The molecule has 1 aromatic carbocycles. The second kappa shape index (κ2) is 4.57. The summed E-state index contributed by atoms with van der Waals surface area (Å²) in [5.74, 6) is 1.54. The Morgan fingerprint density at radius 3 is 2.88 bits per heavy atom. The number of nitrogens with zero attached hydrogens (tertiary/aromatic N) is 2. The van der Waals surface area contributed by atoms with Crippen LogP contribution in [0.5, 0.6) is 0 Å². The van der Waals surface area contributed by atoms with E-state index in [1.165, 1.54) is 0 Å². The van der Waals surface area contributed by atoms with Gasteiger partial charge in [-0.25, -0.2) is 0 Å². The van der Waals surface area contributed by atoms with Crippen LogP contribution in [0.25, 0.3) is 11.5 Å². The van der Waals surface area contributed by atoms with E-state index in [1.807, 2.05) is 25.1 Å². The van der Waals surface area contributed by atoms with E-state index in [0.717, 1.165) is 23.4 Å². The average Bonchev–Trinajstić information content (AvgIpc) is 2.81. The summed E-state index contributed by atoms with van der Waals surface area (Å²) < 4.78 is 5.27. The third-order valence-corrected chi connectivity index (χ3v) is 3.05. The maximum Gasteiger partial charge on any atom is 0.260 e. The zero-order chi connectivity index (χ0) is 12.4. The van der Waals surface area contributed by atoms with Crippen LogP contribution in [0.2, 0.25) is 0 Å². The summed E-state index contributed by atoms with van der Waals surface area (Å²) in [6.07, 6.45) is 0.988. The molecule has 2 N–H and O–H groups in total. The van der Waals surface area contributed by atoms with Crippen molar-refractivity contribution >= 4 is 5.69 Å². The fourth-order valence-corrected chi connectivity index (χ4v) is 1.59. The van der Waals surface area contributed by atoms with Gasteiger partial charge < -0.3 is 10.3 Å². The molecule has 0 aliphatic carbocycles. The minimum atomic E-state index is 0.304. The Hall–Kier alpha value is -1.84. The van der Waals surface area contributed by atoms with E-state index < -0.39 is 0 Å². The number of hydrogen-bond donors (Lipinski definition) is 1. The molecule has 90 valence electrons. The smallest absolute Gasteiger partial charge is 0.260 e. The number of rotatable bonds is 3. The van der Waals surface area contributed by atoms with Crippen LogP contribution in [-0.4, -0.2) is 10.1 Å². The van der Waals surface area contributed by atoms with Gasteiger partial charge in [0.25, 0.3) is 5.89 Å². The largest absolute Gasteiger partial charge is 0.398 e. The standard InChI is InChI=1S/C13H17N3O/c1-4-8(2)12-15-13(17-16-12)10-7-5-6-9(3)11(10)14/h5-8H,4,14H2,1-3H3. The molecular weight excluding hydrogens is 214 g/mol. The summed E-state index contributed by atoms with van der Waals surface area (Å²) in [7, 11) is 0. The Morgan fingerprint density at radius 1 is 1.41 bits per heavy atom. The highest BCUT2D eigenvalue weighted by atomic mass is 16.5. The fourth-order valence-electron chi connectivity index (χ4n) is 1.59. The summed E-state index contributed by atoms with van der Waals surface area (Å²) in [4.78, 5) is 4.40. The number of anilines is 1. The number of benzene rings is 1. The van der Waals surface area contributed by atoms with Gasteiger partial charge in [0.15, 0.2) is 5.82 Å². The van der Waals surface area contributed by atoms with Gasteiger partial charge in [0.1, 0.15) is 0 Å². The Labute approximate surface area is 101 Å². The third kappa shape index (κ3) is 2.16. The zero-order valence-electron chi connectivity index (χ0n) is 10.4. The third-order valence-electron chi connectivity index (χ3n) is 3.05. The van der Waals surface area contributed by atoms with Gasteiger partial charge in [0.05, 0.1) is 5.56 Å². The molecule has 4 nitrogen and oxygen atoms in total. The molecule has 0 aliphatic rings. The van der Waals surface area contributed by atoms with Crippen LogP contribution in [0.3, 0.4) is 0 Å². The predicted molar refractivity (Wildman–Crippen MR) is 67.6 cm³/mol. The average molecular weight is 231 g/mol. The molecule has 0 amide bonds. The van der Waals surface area contributed by atoms with Crippen molar-refractivity contribution in [2.45, 2.75) is 33.1 Å². The molecular formula is C13H17N3O. The number of nitrogens with two attached hydrogens (primary N) is 1. The number of aryl methyl sites for hydroxylation is 1. The Kier molecular flexibility index (Phi) is 3.13. The van der Waals surface area contributed by atoms with Gasteiger partial charge in [-0.15, -0.1) is 0 Å². The summed E-state index contributed by atoms with van der Waals surface area (Å²) in [6, 6.07) is 5.80. The number of hydrogen-bond acceptors (Lipinski definition) is 4. The first-order valence-corrected chi connectivity index (χ1v) is 5.82. The van der Waals surface area contributed by atoms with Crippen LogP contribution in [0.4, 0.5) is 5.69 Å². The zero-order valence-corrected chi connectivity index (χ0v) is 10.4. The van der Waals surface area contributed by atoms with Crippen LogP contribution >= 0.6 is 0 Å². The van der Waals surface area contributed by atoms with Gasteiger partial charge in [-0.1, -0.05) is 31.1 Å². The SMILES string of the molecule is CCC(C)c1noc(-c2cccc(C)c2N)n1. The molecule has 1 heterocycles. The lowest BCUT2D eigenvalue weighted by molar-refractivity contribution is 0.416. The maximum atomic E-state index is 6.00. The summed E-state index contributed by atoms with van der Waals surface area (Å²) in [5, 5.41) is 3.99. The van der Waals surface area contributed by atoms with E-state index in [-0.39, 0.29) is 0 Å². The lowest BCUT2D eigenvalue weighted by Crippen LogP contribution is -1.95. The van der Waals surface area contributed by atoms with E-state index in [4.69, 9.17) is 10.3 Å². The van der Waals surface area contributed by atoms with E-state index in [0.29, 0.717) is 17.5 Å². The van der Waals surface area contributed by atoms with Gasteiger partial charge in [-0.05, 0) is 25.0 Å². The minimum Gasteiger partial charge on any atom is -0.398 e. The van der Waals surface area contributed by atoms with E-state index >= 15 is 0 Å².